The molecule has 1 amide bonds. The van der Waals surface area contributed by atoms with Crippen molar-refractivity contribution in [3.05, 3.63) is 57.8 Å². The Morgan fingerprint density at radius 2 is 2.11 bits per heavy atom. The average molecular weight is 260 g/mol. The van der Waals surface area contributed by atoms with Crippen LogP contribution >= 0.6 is 11.3 Å². The Hall–Kier alpha value is -1.65. The molecule has 0 bridgehead atoms. The first-order chi connectivity index (χ1) is 8.81. The summed E-state index contributed by atoms with van der Waals surface area (Å²) in [5, 5.41) is 6.96. The highest BCUT2D eigenvalue weighted by Gasteiger charge is 2.09. The highest BCUT2D eigenvalue weighted by molar-refractivity contribution is 7.07. The lowest BCUT2D eigenvalue weighted by Gasteiger charge is -2.08. The van der Waals surface area contributed by atoms with Crippen LogP contribution in [0.4, 0.5) is 0 Å². The van der Waals surface area contributed by atoms with E-state index in [-0.39, 0.29) is 5.91 Å². The van der Waals surface area contributed by atoms with E-state index in [2.05, 4.69) is 5.32 Å². The molecule has 18 heavy (non-hydrogen) atoms. The minimum atomic E-state index is -0.0368. The van der Waals surface area contributed by atoms with E-state index >= 15 is 0 Å². The van der Waals surface area contributed by atoms with Gasteiger partial charge in [0.1, 0.15) is 0 Å². The molecular weight excluding hydrogens is 244 g/mol. The van der Waals surface area contributed by atoms with Gasteiger partial charge in [0.2, 0.25) is 0 Å². The van der Waals surface area contributed by atoms with Gasteiger partial charge in [0.05, 0.1) is 0 Å². The molecule has 94 valence electrons. The zero-order chi connectivity index (χ0) is 12.8. The molecule has 0 saturated carbocycles. The Morgan fingerprint density at radius 3 is 2.83 bits per heavy atom. The molecule has 2 rings (SSSR count). The molecule has 1 aromatic heterocycles. The number of nitrogens with one attached hydrogen (secondary N) is 1. The van der Waals surface area contributed by atoms with Gasteiger partial charge in [-0.2, -0.15) is 11.3 Å². The smallest absolute Gasteiger partial charge is 0.251 e. The van der Waals surface area contributed by atoms with E-state index in [1.165, 1.54) is 0 Å². The fourth-order valence-electron chi connectivity index (χ4n) is 1.79. The summed E-state index contributed by atoms with van der Waals surface area (Å²) in [6, 6.07) is 9.61. The number of carbonyl (C=O) groups is 1. The van der Waals surface area contributed by atoms with E-state index < -0.39 is 0 Å². The number of hydrogen-bond donors (Lipinski definition) is 2. The maximum absolute atomic E-state index is 12.1. The van der Waals surface area contributed by atoms with Crippen LogP contribution in [-0.2, 0) is 13.0 Å². The van der Waals surface area contributed by atoms with Crippen molar-refractivity contribution in [1.29, 1.82) is 0 Å². The predicted octanol–water partition coefficient (Wildman–Crippen LogP) is 2.18. The second-order valence-electron chi connectivity index (χ2n) is 4.01. The zero-order valence-corrected chi connectivity index (χ0v) is 10.9. The van der Waals surface area contributed by atoms with Crippen molar-refractivity contribution in [1.82, 2.24) is 5.32 Å². The molecular formula is C14H16N2OS. The minimum Gasteiger partial charge on any atom is -0.348 e. The molecule has 0 atom stereocenters. The summed E-state index contributed by atoms with van der Waals surface area (Å²) in [7, 11) is 0. The normalized spacial score (nSPS) is 10.3. The van der Waals surface area contributed by atoms with Gasteiger partial charge in [0.25, 0.3) is 5.91 Å². The molecule has 4 heteroatoms. The van der Waals surface area contributed by atoms with E-state index in [9.17, 15) is 4.79 Å². The summed E-state index contributed by atoms with van der Waals surface area (Å²) >= 11 is 1.63. The molecule has 2 aromatic rings. The largest absolute Gasteiger partial charge is 0.348 e. The molecule has 0 radical (unpaired) electrons. The van der Waals surface area contributed by atoms with Crippen molar-refractivity contribution >= 4 is 17.2 Å². The molecule has 1 heterocycles. The number of amides is 1. The van der Waals surface area contributed by atoms with Gasteiger partial charge in [-0.3, -0.25) is 4.79 Å². The lowest BCUT2D eigenvalue weighted by molar-refractivity contribution is 0.0950. The maximum atomic E-state index is 12.1. The number of rotatable bonds is 5. The van der Waals surface area contributed by atoms with Crippen LogP contribution in [0.25, 0.3) is 0 Å². The number of hydrogen-bond acceptors (Lipinski definition) is 3. The van der Waals surface area contributed by atoms with Gasteiger partial charge in [0, 0.05) is 12.1 Å². The van der Waals surface area contributed by atoms with Gasteiger partial charge in [-0.05, 0) is 47.0 Å². The summed E-state index contributed by atoms with van der Waals surface area (Å²) in [4.78, 5) is 12.1. The lowest BCUT2D eigenvalue weighted by Crippen LogP contribution is -2.24. The van der Waals surface area contributed by atoms with Crippen LogP contribution in [0, 0.1) is 0 Å². The number of benzene rings is 1. The third kappa shape index (κ3) is 3.18. The van der Waals surface area contributed by atoms with Gasteiger partial charge in [-0.25, -0.2) is 0 Å². The van der Waals surface area contributed by atoms with Crippen LogP contribution in [0.5, 0.6) is 0 Å². The summed E-state index contributed by atoms with van der Waals surface area (Å²) < 4.78 is 0. The molecule has 1 aromatic carbocycles. The van der Waals surface area contributed by atoms with Gasteiger partial charge >= 0.3 is 0 Å². The van der Waals surface area contributed by atoms with Crippen LogP contribution in [0.3, 0.4) is 0 Å². The molecule has 0 fully saturated rings. The highest BCUT2D eigenvalue weighted by Crippen LogP contribution is 2.10. The Balaban J connectivity index is 2.04. The molecule has 0 unspecified atom stereocenters. The topological polar surface area (TPSA) is 55.1 Å². The van der Waals surface area contributed by atoms with E-state index in [1.807, 2.05) is 41.1 Å². The minimum absolute atomic E-state index is 0.0368. The second kappa shape index (κ2) is 6.33. The molecule has 0 aliphatic carbocycles. The van der Waals surface area contributed by atoms with Crippen molar-refractivity contribution < 1.29 is 4.79 Å². The van der Waals surface area contributed by atoms with E-state index in [1.54, 1.807) is 11.3 Å². The first kappa shape index (κ1) is 12.8. The van der Waals surface area contributed by atoms with Crippen LogP contribution in [0.15, 0.2) is 41.1 Å². The van der Waals surface area contributed by atoms with Crippen molar-refractivity contribution in [2.45, 2.75) is 13.0 Å². The Kier molecular flexibility index (Phi) is 4.50. The SMILES string of the molecule is NCCc1ccccc1C(=O)NCc1ccsc1. The van der Waals surface area contributed by atoms with Crippen LogP contribution in [0.2, 0.25) is 0 Å². The van der Waals surface area contributed by atoms with Crippen molar-refractivity contribution in [2.75, 3.05) is 6.54 Å². The van der Waals surface area contributed by atoms with Crippen molar-refractivity contribution in [3.63, 3.8) is 0 Å². The molecule has 0 aliphatic rings. The van der Waals surface area contributed by atoms with Gasteiger partial charge in [0.15, 0.2) is 0 Å². The van der Waals surface area contributed by atoms with Crippen LogP contribution in [0.1, 0.15) is 21.5 Å². The van der Waals surface area contributed by atoms with Crippen molar-refractivity contribution in [3.8, 4) is 0 Å². The molecule has 3 N–H and O–H groups in total. The van der Waals surface area contributed by atoms with Crippen LogP contribution < -0.4 is 11.1 Å². The average Bonchev–Trinajstić information content (AvgIpc) is 2.90. The third-order valence-corrected chi connectivity index (χ3v) is 3.44. The molecule has 3 nitrogen and oxygen atoms in total. The van der Waals surface area contributed by atoms with Gasteiger partial charge in [-0.15, -0.1) is 0 Å². The lowest BCUT2D eigenvalue weighted by atomic mass is 10.0. The number of nitrogens with two attached hydrogens (primary N) is 1. The zero-order valence-electron chi connectivity index (χ0n) is 10.1. The second-order valence-corrected chi connectivity index (χ2v) is 4.79. The molecule has 0 saturated heterocycles. The quantitative estimate of drug-likeness (QED) is 0.865. The van der Waals surface area contributed by atoms with Crippen molar-refractivity contribution in [2.24, 2.45) is 5.73 Å². The summed E-state index contributed by atoms with van der Waals surface area (Å²) in [5.74, 6) is -0.0368. The highest BCUT2D eigenvalue weighted by atomic mass is 32.1. The maximum Gasteiger partial charge on any atom is 0.251 e. The monoisotopic (exact) mass is 260 g/mol. The Bertz CT molecular complexity index is 508. The first-order valence-corrected chi connectivity index (χ1v) is 6.83. The van der Waals surface area contributed by atoms with E-state index in [4.69, 9.17) is 5.73 Å². The summed E-state index contributed by atoms with van der Waals surface area (Å²) in [6.45, 7) is 1.12. The summed E-state index contributed by atoms with van der Waals surface area (Å²) in [6.07, 6.45) is 0.724. The number of carbonyl (C=O) groups excluding carboxylic acids is 1. The number of thiophene rings is 1. The van der Waals surface area contributed by atoms with Gasteiger partial charge < -0.3 is 11.1 Å². The molecule has 0 aliphatic heterocycles. The fraction of sp³-hybridized carbons (Fsp3) is 0.214. The van der Waals surface area contributed by atoms with E-state index in [0.717, 1.165) is 23.1 Å². The summed E-state index contributed by atoms with van der Waals surface area (Å²) in [5.41, 5.74) is 8.40. The third-order valence-electron chi connectivity index (χ3n) is 2.71. The van der Waals surface area contributed by atoms with E-state index in [0.29, 0.717) is 13.1 Å². The molecule has 0 spiro atoms. The van der Waals surface area contributed by atoms with Gasteiger partial charge in [-0.1, -0.05) is 18.2 Å². The Labute approximate surface area is 111 Å². The first-order valence-electron chi connectivity index (χ1n) is 5.88. The standard InChI is InChI=1S/C14H16N2OS/c15-7-5-12-3-1-2-4-13(12)14(17)16-9-11-6-8-18-10-11/h1-4,6,8,10H,5,7,9,15H2,(H,16,17). The Morgan fingerprint density at radius 1 is 1.28 bits per heavy atom. The predicted molar refractivity (Wildman–Crippen MR) is 74.7 cm³/mol. The fourth-order valence-corrected chi connectivity index (χ4v) is 2.45. The van der Waals surface area contributed by atoms with Crippen LogP contribution in [-0.4, -0.2) is 12.5 Å².